The summed E-state index contributed by atoms with van der Waals surface area (Å²) in [6.07, 6.45) is 1.90. The fraction of sp³-hybridized carbons (Fsp3) is 0.500. The van der Waals surface area contributed by atoms with Crippen LogP contribution in [0.5, 0.6) is 0 Å². The van der Waals surface area contributed by atoms with E-state index in [1.165, 1.54) is 11.3 Å². The lowest BCUT2D eigenvalue weighted by Crippen LogP contribution is -2.24. The molecule has 78 valence electrons. The summed E-state index contributed by atoms with van der Waals surface area (Å²) >= 11 is 6.82. The highest BCUT2D eigenvalue weighted by molar-refractivity contribution is 7.91. The first-order chi connectivity index (χ1) is 6.62. The van der Waals surface area contributed by atoms with Crippen LogP contribution in [0.25, 0.3) is 0 Å². The highest BCUT2D eigenvalue weighted by Gasteiger charge is 2.28. The quantitative estimate of drug-likeness (QED) is 0.832. The summed E-state index contributed by atoms with van der Waals surface area (Å²) in [4.78, 5) is 0. The van der Waals surface area contributed by atoms with Crippen LogP contribution in [-0.4, -0.2) is 14.5 Å². The van der Waals surface area contributed by atoms with Gasteiger partial charge in [0.1, 0.15) is 4.21 Å². The zero-order valence-corrected chi connectivity index (χ0v) is 9.75. The van der Waals surface area contributed by atoms with Crippen molar-refractivity contribution >= 4 is 33.0 Å². The van der Waals surface area contributed by atoms with Gasteiger partial charge in [-0.05, 0) is 29.9 Å². The van der Waals surface area contributed by atoms with E-state index in [2.05, 4.69) is 4.72 Å². The number of nitrogens with one attached hydrogen (secondary N) is 1. The van der Waals surface area contributed by atoms with Gasteiger partial charge in [0.05, 0.1) is 0 Å². The highest BCUT2D eigenvalue weighted by Crippen LogP contribution is 2.25. The summed E-state index contributed by atoms with van der Waals surface area (Å²) < 4.78 is 26.3. The van der Waals surface area contributed by atoms with Gasteiger partial charge in [0.25, 0.3) is 0 Å². The summed E-state index contributed by atoms with van der Waals surface area (Å²) in [5.41, 5.74) is 0.854. The van der Waals surface area contributed by atoms with Gasteiger partial charge in [0, 0.05) is 11.9 Å². The molecule has 1 aliphatic carbocycles. The van der Waals surface area contributed by atoms with E-state index in [1.54, 1.807) is 11.4 Å². The van der Waals surface area contributed by atoms with Crippen molar-refractivity contribution in [2.75, 3.05) is 0 Å². The molecule has 1 aromatic rings. The number of sulfonamides is 1. The molecule has 1 heterocycles. The Bertz CT molecular complexity index is 422. The number of alkyl halides is 1. The molecular formula is C8H10ClNO2S2. The Morgan fingerprint density at radius 3 is 2.79 bits per heavy atom. The molecule has 1 fully saturated rings. The van der Waals surface area contributed by atoms with Gasteiger partial charge in [0.15, 0.2) is 0 Å². The second-order valence-corrected chi connectivity index (χ2v) is 6.42. The number of hydrogen-bond donors (Lipinski definition) is 1. The fourth-order valence-electron chi connectivity index (χ4n) is 1.04. The monoisotopic (exact) mass is 251 g/mol. The average molecular weight is 252 g/mol. The lowest BCUT2D eigenvalue weighted by Gasteiger charge is -2.00. The first-order valence-electron chi connectivity index (χ1n) is 4.27. The van der Waals surface area contributed by atoms with Gasteiger partial charge in [-0.25, -0.2) is 13.1 Å². The standard InChI is InChI=1S/C8H10ClNO2S2/c9-4-6-3-8(13-5-6)14(11,12)10-7-1-2-7/h3,5,7,10H,1-2,4H2. The molecule has 1 saturated carbocycles. The van der Waals surface area contributed by atoms with Gasteiger partial charge in [-0.1, -0.05) is 0 Å². The maximum absolute atomic E-state index is 11.7. The summed E-state index contributed by atoms with van der Waals surface area (Å²) in [5, 5.41) is 1.77. The molecule has 0 radical (unpaired) electrons. The maximum Gasteiger partial charge on any atom is 0.250 e. The minimum Gasteiger partial charge on any atom is -0.207 e. The third-order valence-electron chi connectivity index (χ3n) is 1.95. The van der Waals surface area contributed by atoms with Gasteiger partial charge in [-0.15, -0.1) is 22.9 Å². The molecule has 2 rings (SSSR count). The van der Waals surface area contributed by atoms with E-state index in [0.717, 1.165) is 18.4 Å². The molecule has 14 heavy (non-hydrogen) atoms. The lowest BCUT2D eigenvalue weighted by molar-refractivity contribution is 0.583. The molecule has 0 bridgehead atoms. The lowest BCUT2D eigenvalue weighted by atomic mass is 10.4. The minimum atomic E-state index is -3.28. The number of rotatable bonds is 4. The van der Waals surface area contributed by atoms with Crippen molar-refractivity contribution in [3.63, 3.8) is 0 Å². The van der Waals surface area contributed by atoms with Crippen molar-refractivity contribution in [1.29, 1.82) is 0 Å². The Kier molecular flexibility index (Phi) is 2.83. The molecule has 0 aliphatic heterocycles. The van der Waals surface area contributed by atoms with Crippen LogP contribution in [0.15, 0.2) is 15.7 Å². The van der Waals surface area contributed by atoms with Crippen LogP contribution in [0.4, 0.5) is 0 Å². The second kappa shape index (κ2) is 3.81. The van der Waals surface area contributed by atoms with Crippen LogP contribution in [-0.2, 0) is 15.9 Å². The predicted octanol–water partition coefficient (Wildman–Crippen LogP) is 1.93. The van der Waals surface area contributed by atoms with E-state index in [9.17, 15) is 8.42 Å². The highest BCUT2D eigenvalue weighted by atomic mass is 35.5. The van der Waals surface area contributed by atoms with E-state index in [0.29, 0.717) is 10.1 Å². The van der Waals surface area contributed by atoms with Crippen molar-refractivity contribution < 1.29 is 8.42 Å². The number of halogens is 1. The predicted molar refractivity (Wildman–Crippen MR) is 57.2 cm³/mol. The molecule has 1 aromatic heterocycles. The van der Waals surface area contributed by atoms with Crippen molar-refractivity contribution in [1.82, 2.24) is 4.72 Å². The van der Waals surface area contributed by atoms with E-state index in [1.807, 2.05) is 0 Å². The molecule has 0 spiro atoms. The SMILES string of the molecule is O=S(=O)(NC1CC1)c1cc(CCl)cs1. The van der Waals surface area contributed by atoms with Crippen LogP contribution < -0.4 is 4.72 Å². The Morgan fingerprint density at radius 2 is 2.29 bits per heavy atom. The van der Waals surface area contributed by atoms with Crippen LogP contribution in [0.3, 0.4) is 0 Å². The van der Waals surface area contributed by atoms with Gasteiger partial charge in [-0.2, -0.15) is 0 Å². The van der Waals surface area contributed by atoms with E-state index >= 15 is 0 Å². The Hall–Kier alpha value is -0.100. The van der Waals surface area contributed by atoms with Crippen molar-refractivity contribution in [3.8, 4) is 0 Å². The van der Waals surface area contributed by atoms with Crippen LogP contribution in [0, 0.1) is 0 Å². The van der Waals surface area contributed by atoms with Gasteiger partial charge >= 0.3 is 0 Å². The fourth-order valence-corrected chi connectivity index (χ4v) is 3.82. The molecule has 1 N–H and O–H groups in total. The van der Waals surface area contributed by atoms with Gasteiger partial charge < -0.3 is 0 Å². The largest absolute Gasteiger partial charge is 0.250 e. The molecular weight excluding hydrogens is 242 g/mol. The first kappa shape index (κ1) is 10.4. The smallest absolute Gasteiger partial charge is 0.207 e. The third kappa shape index (κ3) is 2.28. The van der Waals surface area contributed by atoms with Crippen molar-refractivity contribution in [2.45, 2.75) is 29.0 Å². The summed E-state index contributed by atoms with van der Waals surface area (Å²) in [7, 11) is -3.28. The zero-order chi connectivity index (χ0) is 10.2. The Labute approximate surface area is 92.1 Å². The topological polar surface area (TPSA) is 46.2 Å². The normalized spacial score (nSPS) is 17.2. The molecule has 3 nitrogen and oxygen atoms in total. The minimum absolute atomic E-state index is 0.154. The van der Waals surface area contributed by atoms with Crippen LogP contribution in [0.1, 0.15) is 18.4 Å². The van der Waals surface area contributed by atoms with Crippen LogP contribution in [0.2, 0.25) is 0 Å². The Morgan fingerprint density at radius 1 is 1.57 bits per heavy atom. The van der Waals surface area contributed by atoms with Crippen LogP contribution >= 0.6 is 22.9 Å². The van der Waals surface area contributed by atoms with E-state index < -0.39 is 10.0 Å². The summed E-state index contributed by atoms with van der Waals surface area (Å²) in [6.45, 7) is 0. The molecule has 0 amide bonds. The third-order valence-corrected chi connectivity index (χ3v) is 5.27. The number of hydrogen-bond acceptors (Lipinski definition) is 3. The molecule has 0 unspecified atom stereocenters. The van der Waals surface area contributed by atoms with E-state index in [-0.39, 0.29) is 6.04 Å². The van der Waals surface area contributed by atoms with E-state index in [4.69, 9.17) is 11.6 Å². The summed E-state index contributed by atoms with van der Waals surface area (Å²) in [5.74, 6) is 0.357. The summed E-state index contributed by atoms with van der Waals surface area (Å²) in [6, 6.07) is 1.78. The van der Waals surface area contributed by atoms with Gasteiger partial charge in [0.2, 0.25) is 10.0 Å². The maximum atomic E-state index is 11.7. The molecule has 0 saturated heterocycles. The molecule has 0 atom stereocenters. The Balaban J connectivity index is 2.19. The van der Waals surface area contributed by atoms with Crippen molar-refractivity contribution in [2.24, 2.45) is 0 Å². The molecule has 6 heteroatoms. The zero-order valence-electron chi connectivity index (χ0n) is 7.36. The second-order valence-electron chi connectivity index (χ2n) is 3.30. The molecule has 1 aliphatic rings. The first-order valence-corrected chi connectivity index (χ1v) is 7.17. The van der Waals surface area contributed by atoms with Gasteiger partial charge in [-0.3, -0.25) is 0 Å². The average Bonchev–Trinajstić information content (AvgIpc) is 2.81. The number of thiophene rings is 1. The van der Waals surface area contributed by atoms with Crippen molar-refractivity contribution in [3.05, 3.63) is 17.0 Å². The molecule has 0 aromatic carbocycles.